The van der Waals surface area contributed by atoms with Crippen molar-refractivity contribution in [2.45, 2.75) is 30.2 Å². The van der Waals surface area contributed by atoms with Gasteiger partial charge in [-0.2, -0.15) is 0 Å². The summed E-state index contributed by atoms with van der Waals surface area (Å²) in [6.07, 6.45) is 8.98. The molecule has 18 heavy (non-hydrogen) atoms. The largest absolute Gasteiger partial charge is 0.349 e. The minimum absolute atomic E-state index is 0.00556. The van der Waals surface area contributed by atoms with Crippen molar-refractivity contribution in [1.29, 1.82) is 0 Å². The maximum absolute atomic E-state index is 12.2. The van der Waals surface area contributed by atoms with Gasteiger partial charge in [-0.05, 0) is 31.6 Å². The van der Waals surface area contributed by atoms with Gasteiger partial charge in [-0.3, -0.25) is 4.79 Å². The van der Waals surface area contributed by atoms with Crippen molar-refractivity contribution >= 4 is 28.7 Å². The normalized spacial score (nSPS) is 15.6. The molecule has 0 atom stereocenters. The van der Waals surface area contributed by atoms with Gasteiger partial charge in [0, 0.05) is 28.7 Å². The van der Waals surface area contributed by atoms with Crippen LogP contribution in [0.4, 0.5) is 0 Å². The summed E-state index contributed by atoms with van der Waals surface area (Å²) < 4.78 is 0. The van der Waals surface area contributed by atoms with Gasteiger partial charge in [0.25, 0.3) is 5.91 Å². The Kier molecular flexibility index (Phi) is 2.99. The minimum Gasteiger partial charge on any atom is -0.349 e. The molecule has 0 aliphatic heterocycles. The Balaban J connectivity index is 1.92. The average Bonchev–Trinajstić information content (AvgIpc) is 2.76. The van der Waals surface area contributed by atoms with Crippen molar-refractivity contribution in [1.82, 2.24) is 15.3 Å². The lowest BCUT2D eigenvalue weighted by atomic mass is 9.93. The van der Waals surface area contributed by atoms with Crippen molar-refractivity contribution in [3.05, 3.63) is 24.0 Å². The van der Waals surface area contributed by atoms with Gasteiger partial charge in [0.05, 0.1) is 5.56 Å². The number of aromatic amines is 1. The monoisotopic (exact) mass is 261 g/mol. The number of fused-ring (bicyclic) bond motifs is 1. The van der Waals surface area contributed by atoms with Gasteiger partial charge in [-0.25, -0.2) is 4.98 Å². The summed E-state index contributed by atoms with van der Waals surface area (Å²) in [6, 6.07) is 2.37. The molecule has 0 unspecified atom stereocenters. The fraction of sp³-hybridized carbons (Fsp3) is 0.385. The molecule has 2 N–H and O–H groups in total. The highest BCUT2D eigenvalue weighted by Crippen LogP contribution is 2.24. The maximum atomic E-state index is 12.2. The summed E-state index contributed by atoms with van der Waals surface area (Å²) in [6.45, 7) is 0. The van der Waals surface area contributed by atoms with Crippen LogP contribution in [0.1, 0.15) is 29.6 Å². The van der Waals surface area contributed by atoms with E-state index in [1.807, 2.05) is 18.5 Å². The highest BCUT2D eigenvalue weighted by atomic mass is 32.2. The number of rotatable bonds is 3. The van der Waals surface area contributed by atoms with Crippen molar-refractivity contribution in [3.63, 3.8) is 0 Å². The Morgan fingerprint density at radius 1 is 1.56 bits per heavy atom. The molecule has 5 heteroatoms. The molecule has 0 saturated heterocycles. The number of aromatic nitrogens is 2. The Labute approximate surface area is 110 Å². The number of pyridine rings is 1. The molecule has 2 heterocycles. The van der Waals surface area contributed by atoms with Crippen LogP contribution in [0, 0.1) is 0 Å². The fourth-order valence-corrected chi connectivity index (χ4v) is 2.49. The second kappa shape index (κ2) is 4.65. The van der Waals surface area contributed by atoms with Gasteiger partial charge in [0.15, 0.2) is 0 Å². The van der Waals surface area contributed by atoms with Crippen LogP contribution >= 0.6 is 11.8 Å². The van der Waals surface area contributed by atoms with E-state index in [0.717, 1.165) is 28.8 Å². The number of nitrogens with one attached hydrogen (secondary N) is 2. The molecule has 0 spiro atoms. The van der Waals surface area contributed by atoms with Crippen LogP contribution in [0.15, 0.2) is 23.4 Å². The summed E-state index contributed by atoms with van der Waals surface area (Å²) >= 11 is 1.63. The van der Waals surface area contributed by atoms with Crippen molar-refractivity contribution in [2.24, 2.45) is 0 Å². The molecule has 3 rings (SSSR count). The Morgan fingerprint density at radius 3 is 3.06 bits per heavy atom. The zero-order chi connectivity index (χ0) is 12.5. The molecule has 2 aromatic rings. The number of hydrogen-bond donors (Lipinski definition) is 2. The zero-order valence-corrected chi connectivity index (χ0v) is 11.0. The molecule has 0 bridgehead atoms. The molecule has 0 radical (unpaired) electrons. The highest BCUT2D eigenvalue weighted by molar-refractivity contribution is 7.98. The fourth-order valence-electron chi connectivity index (χ4n) is 2.10. The first-order chi connectivity index (χ1) is 8.78. The summed E-state index contributed by atoms with van der Waals surface area (Å²) in [5.41, 5.74) is 1.46. The third-order valence-electron chi connectivity index (χ3n) is 3.43. The Morgan fingerprint density at radius 2 is 2.39 bits per heavy atom. The smallest absolute Gasteiger partial charge is 0.253 e. The van der Waals surface area contributed by atoms with E-state index in [-0.39, 0.29) is 5.91 Å². The molecule has 0 aromatic carbocycles. The second-order valence-electron chi connectivity index (χ2n) is 4.57. The highest BCUT2D eigenvalue weighted by Gasteiger charge is 2.21. The van der Waals surface area contributed by atoms with Crippen LogP contribution < -0.4 is 5.32 Å². The SMILES string of the molecule is CSc1cnc2[nH]cc(C(=O)NC3CCC3)c2c1. The lowest BCUT2D eigenvalue weighted by Crippen LogP contribution is -2.39. The predicted molar refractivity (Wildman–Crippen MR) is 73.0 cm³/mol. The van der Waals surface area contributed by atoms with Crippen molar-refractivity contribution in [3.8, 4) is 0 Å². The first-order valence-corrected chi connectivity index (χ1v) is 7.32. The number of carbonyl (C=O) groups excluding carboxylic acids is 1. The summed E-state index contributed by atoms with van der Waals surface area (Å²) in [4.78, 5) is 20.6. The number of hydrogen-bond acceptors (Lipinski definition) is 3. The Hall–Kier alpha value is -1.49. The van der Waals surface area contributed by atoms with E-state index in [2.05, 4.69) is 15.3 Å². The molecular weight excluding hydrogens is 246 g/mol. The molecule has 1 aliphatic rings. The van der Waals surface area contributed by atoms with Crippen LogP contribution in [0.25, 0.3) is 11.0 Å². The molecule has 1 fully saturated rings. The minimum atomic E-state index is 0.00556. The molecular formula is C13H15N3OS. The van der Waals surface area contributed by atoms with Gasteiger partial charge in [0.1, 0.15) is 5.65 Å². The number of carbonyl (C=O) groups is 1. The van der Waals surface area contributed by atoms with E-state index in [9.17, 15) is 4.79 Å². The molecule has 4 nitrogen and oxygen atoms in total. The van der Waals surface area contributed by atoms with E-state index >= 15 is 0 Å². The maximum Gasteiger partial charge on any atom is 0.253 e. The third-order valence-corrected chi connectivity index (χ3v) is 4.12. The van der Waals surface area contributed by atoms with Crippen LogP contribution in [0.3, 0.4) is 0 Å². The number of nitrogens with zero attached hydrogens (tertiary/aromatic N) is 1. The molecule has 2 aromatic heterocycles. The molecule has 94 valence electrons. The van der Waals surface area contributed by atoms with Gasteiger partial charge < -0.3 is 10.3 Å². The van der Waals surface area contributed by atoms with E-state index in [4.69, 9.17) is 0 Å². The molecule has 1 aliphatic carbocycles. The van der Waals surface area contributed by atoms with E-state index in [0.29, 0.717) is 11.6 Å². The lowest BCUT2D eigenvalue weighted by molar-refractivity contribution is 0.0918. The molecule has 1 amide bonds. The van der Waals surface area contributed by atoms with Crippen molar-refractivity contribution < 1.29 is 4.79 Å². The van der Waals surface area contributed by atoms with E-state index in [1.165, 1.54) is 6.42 Å². The Bertz CT molecular complexity index is 589. The van der Waals surface area contributed by atoms with E-state index < -0.39 is 0 Å². The van der Waals surface area contributed by atoms with Crippen LogP contribution in [0.2, 0.25) is 0 Å². The first kappa shape index (κ1) is 11.6. The van der Waals surface area contributed by atoms with Gasteiger partial charge in [0.2, 0.25) is 0 Å². The van der Waals surface area contributed by atoms with Gasteiger partial charge >= 0.3 is 0 Å². The average molecular weight is 261 g/mol. The third kappa shape index (κ3) is 1.99. The van der Waals surface area contributed by atoms with Crippen LogP contribution in [0.5, 0.6) is 0 Å². The zero-order valence-electron chi connectivity index (χ0n) is 10.2. The number of amides is 1. The summed E-state index contributed by atoms with van der Waals surface area (Å²) in [5.74, 6) is 0.00556. The standard InChI is InChI=1S/C13H15N3OS/c1-18-9-5-10-11(7-15-12(10)14-6-9)13(17)16-8-3-2-4-8/h5-8H,2-4H2,1H3,(H,14,15)(H,16,17). The molecule has 1 saturated carbocycles. The topological polar surface area (TPSA) is 57.8 Å². The van der Waals surface area contributed by atoms with Crippen LogP contribution in [-0.2, 0) is 0 Å². The number of thioether (sulfide) groups is 1. The lowest BCUT2D eigenvalue weighted by Gasteiger charge is -2.26. The first-order valence-electron chi connectivity index (χ1n) is 6.10. The quantitative estimate of drug-likeness (QED) is 0.835. The van der Waals surface area contributed by atoms with E-state index in [1.54, 1.807) is 18.0 Å². The van der Waals surface area contributed by atoms with Crippen LogP contribution in [-0.4, -0.2) is 28.2 Å². The second-order valence-corrected chi connectivity index (χ2v) is 5.45. The summed E-state index contributed by atoms with van der Waals surface area (Å²) in [5, 5.41) is 3.96. The van der Waals surface area contributed by atoms with Gasteiger partial charge in [-0.15, -0.1) is 11.8 Å². The predicted octanol–water partition coefficient (Wildman–Crippen LogP) is 2.57. The van der Waals surface area contributed by atoms with Gasteiger partial charge in [-0.1, -0.05) is 0 Å². The summed E-state index contributed by atoms with van der Waals surface area (Å²) in [7, 11) is 0. The number of H-pyrrole nitrogens is 1. The van der Waals surface area contributed by atoms with Crippen molar-refractivity contribution in [2.75, 3.05) is 6.26 Å².